The van der Waals surface area contributed by atoms with Crippen molar-refractivity contribution in [3.05, 3.63) is 35.4 Å². The Kier molecular flexibility index (Phi) is 9.21. The Labute approximate surface area is 159 Å². The molecule has 0 spiro atoms. The first kappa shape index (κ1) is 22.7. The number of hydrogen-bond donors (Lipinski definition) is 0. The summed E-state index contributed by atoms with van der Waals surface area (Å²) in [7, 11) is -10.5. The van der Waals surface area contributed by atoms with Gasteiger partial charge in [-0.05, 0) is 6.07 Å². The average molecular weight is 338 g/mol. The molecule has 0 radical (unpaired) electrons. The first-order valence-corrected chi connectivity index (χ1v) is 6.95. The maximum atomic E-state index is 11.1. The van der Waals surface area contributed by atoms with Crippen LogP contribution in [0, 0.1) is 0 Å². The van der Waals surface area contributed by atoms with Crippen molar-refractivity contribution in [1.29, 1.82) is 0 Å². The van der Waals surface area contributed by atoms with Crippen molar-refractivity contribution in [2.45, 2.75) is 0 Å². The second-order valence-electron chi connectivity index (χ2n) is 3.06. The minimum absolute atomic E-state index is 0. The standard InChI is InChI=1S/C8H6O8S2.2Na/c9-7(17(11,12)13)5-2-1-3-6(4-5)8(10)18(14,15)16;;/h1-4H,(H,11,12,13)(H,14,15,16);;/q;2*+1/p-2. The molecule has 1 rings (SSSR count). The Bertz CT molecular complexity index is 663. The maximum absolute atomic E-state index is 11.1. The molecule has 8 nitrogen and oxygen atoms in total. The van der Waals surface area contributed by atoms with E-state index in [0.29, 0.717) is 6.07 Å². The van der Waals surface area contributed by atoms with E-state index in [2.05, 4.69) is 0 Å². The van der Waals surface area contributed by atoms with E-state index >= 15 is 0 Å². The van der Waals surface area contributed by atoms with Gasteiger partial charge in [-0.25, -0.2) is 16.8 Å². The second kappa shape index (κ2) is 8.13. The third-order valence-corrected chi connectivity index (χ3v) is 3.17. The number of rotatable bonds is 2. The van der Waals surface area contributed by atoms with Crippen molar-refractivity contribution in [3.8, 4) is 0 Å². The molecular formula is C8H4Na2O8S2. The van der Waals surface area contributed by atoms with E-state index in [9.17, 15) is 35.5 Å². The van der Waals surface area contributed by atoms with Gasteiger partial charge in [0.2, 0.25) is 0 Å². The molecule has 0 amide bonds. The molecule has 0 aliphatic rings. The van der Waals surface area contributed by atoms with E-state index in [1.807, 2.05) is 0 Å². The van der Waals surface area contributed by atoms with Gasteiger partial charge >= 0.3 is 59.1 Å². The third-order valence-electron chi connectivity index (χ3n) is 1.79. The fourth-order valence-electron chi connectivity index (χ4n) is 1.06. The SMILES string of the molecule is O=C(c1cccc(C(=O)S(=O)(=O)[O-])c1)S(=O)(=O)[O-].[Na+].[Na+]. The summed E-state index contributed by atoms with van der Waals surface area (Å²) in [5.41, 5.74) is -1.39. The van der Waals surface area contributed by atoms with Crippen LogP contribution >= 0.6 is 0 Å². The predicted molar refractivity (Wildman–Crippen MR) is 54.5 cm³/mol. The molecule has 12 heteroatoms. The molecule has 0 aromatic heterocycles. The normalized spacial score (nSPS) is 10.9. The first-order valence-electron chi connectivity index (χ1n) is 4.14. The zero-order valence-electron chi connectivity index (χ0n) is 10.4. The van der Waals surface area contributed by atoms with Gasteiger partial charge in [-0.3, -0.25) is 9.59 Å². The van der Waals surface area contributed by atoms with Gasteiger partial charge in [-0.2, -0.15) is 0 Å². The molecule has 98 valence electrons. The zero-order valence-corrected chi connectivity index (χ0v) is 16.0. The van der Waals surface area contributed by atoms with Gasteiger partial charge in [-0.1, -0.05) is 18.2 Å². The van der Waals surface area contributed by atoms with Crippen molar-refractivity contribution in [3.63, 3.8) is 0 Å². The fourth-order valence-corrected chi connectivity index (χ4v) is 1.89. The molecule has 0 heterocycles. The Morgan fingerprint density at radius 3 is 1.35 bits per heavy atom. The minimum Gasteiger partial charge on any atom is -0.742 e. The maximum Gasteiger partial charge on any atom is 1.00 e. The van der Waals surface area contributed by atoms with Crippen molar-refractivity contribution in [1.82, 2.24) is 0 Å². The second-order valence-corrected chi connectivity index (χ2v) is 5.62. The van der Waals surface area contributed by atoms with Crippen LogP contribution in [0.25, 0.3) is 0 Å². The topological polar surface area (TPSA) is 149 Å². The summed E-state index contributed by atoms with van der Waals surface area (Å²) in [6.45, 7) is 0. The number of hydrogen-bond acceptors (Lipinski definition) is 8. The van der Waals surface area contributed by atoms with E-state index in [4.69, 9.17) is 0 Å². The number of benzene rings is 1. The molecule has 20 heavy (non-hydrogen) atoms. The smallest absolute Gasteiger partial charge is 0.742 e. The molecular weight excluding hydrogens is 334 g/mol. The van der Waals surface area contributed by atoms with Crippen molar-refractivity contribution in [2.75, 3.05) is 0 Å². The van der Waals surface area contributed by atoms with Crippen LogP contribution in [0.2, 0.25) is 0 Å². The Morgan fingerprint density at radius 1 is 0.800 bits per heavy atom. The largest absolute Gasteiger partial charge is 1.00 e. The quantitative estimate of drug-likeness (QED) is 0.381. The van der Waals surface area contributed by atoms with Crippen LogP contribution in [0.15, 0.2) is 24.3 Å². The van der Waals surface area contributed by atoms with E-state index < -0.39 is 41.6 Å². The summed E-state index contributed by atoms with van der Waals surface area (Å²) in [4.78, 5) is 22.1. The van der Waals surface area contributed by atoms with Gasteiger partial charge in [0.1, 0.15) is 0 Å². The molecule has 0 unspecified atom stereocenters. The minimum atomic E-state index is -5.26. The van der Waals surface area contributed by atoms with Crippen LogP contribution < -0.4 is 59.1 Å². The van der Waals surface area contributed by atoms with Gasteiger partial charge in [0.15, 0.2) is 20.2 Å². The molecule has 0 saturated carbocycles. The van der Waals surface area contributed by atoms with Crippen LogP contribution in [0.5, 0.6) is 0 Å². The van der Waals surface area contributed by atoms with E-state index in [1.165, 1.54) is 0 Å². The van der Waals surface area contributed by atoms with Gasteiger partial charge in [0.25, 0.3) is 10.2 Å². The van der Waals surface area contributed by atoms with Crippen molar-refractivity contribution in [2.24, 2.45) is 0 Å². The monoisotopic (exact) mass is 338 g/mol. The summed E-state index contributed by atoms with van der Waals surface area (Å²) >= 11 is 0. The van der Waals surface area contributed by atoms with Gasteiger partial charge in [0, 0.05) is 11.1 Å². The summed E-state index contributed by atoms with van der Waals surface area (Å²) < 4.78 is 62.6. The molecule has 0 N–H and O–H groups in total. The molecule has 0 aliphatic heterocycles. The van der Waals surface area contributed by atoms with E-state index in [-0.39, 0.29) is 59.1 Å². The Balaban J connectivity index is 0. The fraction of sp³-hybridized carbons (Fsp3) is 0. The summed E-state index contributed by atoms with van der Waals surface area (Å²) in [5, 5.41) is -3.64. The van der Waals surface area contributed by atoms with Gasteiger partial charge in [-0.15, -0.1) is 0 Å². The van der Waals surface area contributed by atoms with Crippen LogP contribution in [0.3, 0.4) is 0 Å². The Morgan fingerprint density at radius 2 is 1.10 bits per heavy atom. The first-order chi connectivity index (χ1) is 8.03. The Hall–Kier alpha value is 0.380. The van der Waals surface area contributed by atoms with E-state index in [1.54, 1.807) is 0 Å². The van der Waals surface area contributed by atoms with Crippen LogP contribution in [0.4, 0.5) is 0 Å². The van der Waals surface area contributed by atoms with Crippen molar-refractivity contribution >= 4 is 30.5 Å². The predicted octanol–water partition coefficient (Wildman–Crippen LogP) is -6.93. The van der Waals surface area contributed by atoms with Crippen LogP contribution in [0.1, 0.15) is 20.7 Å². The molecule has 0 fully saturated rings. The van der Waals surface area contributed by atoms with E-state index in [0.717, 1.165) is 18.2 Å². The van der Waals surface area contributed by atoms with Crippen LogP contribution in [-0.2, 0) is 20.2 Å². The van der Waals surface area contributed by atoms with Gasteiger partial charge in [0.05, 0.1) is 0 Å². The molecule has 0 aliphatic carbocycles. The zero-order chi connectivity index (χ0) is 14.1. The molecule has 0 bridgehead atoms. The number of carbonyl (C=O) groups excluding carboxylic acids is 2. The molecule has 0 saturated heterocycles. The van der Waals surface area contributed by atoms with Crippen molar-refractivity contribution < 1.29 is 94.6 Å². The third kappa shape index (κ3) is 6.02. The molecule has 1 aromatic carbocycles. The summed E-state index contributed by atoms with van der Waals surface area (Å²) in [5.74, 6) is 0. The molecule has 0 atom stereocenters. The van der Waals surface area contributed by atoms with Gasteiger partial charge < -0.3 is 9.11 Å². The molecule has 1 aromatic rings. The summed E-state index contributed by atoms with van der Waals surface area (Å²) in [6, 6.07) is 3.31. The summed E-state index contributed by atoms with van der Waals surface area (Å²) in [6.07, 6.45) is 0. The van der Waals surface area contributed by atoms with Crippen LogP contribution in [-0.4, -0.2) is 36.2 Å². The number of carbonyl (C=O) groups is 2. The average Bonchev–Trinajstić information content (AvgIpc) is 2.24.